The number of nitrogens with one attached hydrogen (secondary N) is 1. The monoisotopic (exact) mass is 1090 g/mol. The van der Waals surface area contributed by atoms with E-state index in [0.717, 1.165) is 13.4 Å². The average Bonchev–Trinajstić information content (AvgIpc) is 1.67. The number of rotatable bonds is 3. The van der Waals surface area contributed by atoms with E-state index in [-0.39, 0.29) is 24.2 Å². The van der Waals surface area contributed by atoms with Gasteiger partial charge in [0.2, 0.25) is 0 Å². The lowest BCUT2D eigenvalue weighted by atomic mass is 10.2. The molecule has 0 aliphatic heterocycles. The van der Waals surface area contributed by atoms with E-state index >= 15 is 0 Å². The fourth-order valence-corrected chi connectivity index (χ4v) is 4.86. The Bertz CT molecular complexity index is 2250. The predicted octanol–water partition coefficient (Wildman–Crippen LogP) is 17.6. The molecule has 0 bridgehead atoms. The molecule has 0 atom stereocenters. The molecule has 4 aromatic heterocycles. The normalized spacial score (nSPS) is 15.7. The molecule has 0 saturated carbocycles. The van der Waals surface area contributed by atoms with E-state index in [2.05, 4.69) is 83.0 Å². The second-order valence-electron chi connectivity index (χ2n) is 9.28. The van der Waals surface area contributed by atoms with Gasteiger partial charge in [-0.1, -0.05) is 71.5 Å². The topological polar surface area (TPSA) is 183 Å². The smallest absolute Gasteiger partial charge is 0.185 e. The largest absolute Gasteiger partial charge is 0.507 e. The molecule has 7 rings (SSSR count). The molecule has 0 saturated heterocycles. The van der Waals surface area contributed by atoms with Gasteiger partial charge in [0.05, 0.1) is 16.7 Å². The van der Waals surface area contributed by atoms with Crippen LogP contribution in [0.15, 0.2) is 129 Å². The molecular weight excluding hydrogens is 846 g/mol. The highest BCUT2D eigenvalue weighted by atomic mass is 79.9. The number of nitriles is 1. The van der Waals surface area contributed by atoms with Gasteiger partial charge in [0.1, 0.15) is 41.1 Å². The summed E-state index contributed by atoms with van der Waals surface area (Å²) in [6.07, 6.45) is 6.31. The number of H-pyrrole nitrogens is 1. The molecule has 16 heteroatoms. The molecule has 0 unspecified atom stereocenters. The van der Waals surface area contributed by atoms with Crippen molar-refractivity contribution >= 4 is 59.4 Å². The van der Waals surface area contributed by atoms with Gasteiger partial charge in [0.15, 0.2) is 17.5 Å². The summed E-state index contributed by atoms with van der Waals surface area (Å²) in [5, 5.41) is 48.0. The van der Waals surface area contributed by atoms with Gasteiger partial charge >= 0.3 is 0 Å². The van der Waals surface area contributed by atoms with E-state index in [0.29, 0.717) is 33.7 Å². The molecule has 12 nitrogen and oxygen atoms in total. The van der Waals surface area contributed by atoms with Gasteiger partial charge in [-0.05, 0) is 78.9 Å². The zero-order valence-corrected chi connectivity index (χ0v) is 30.4. The Morgan fingerprint density at radius 2 is 1.35 bits per heavy atom. The lowest BCUT2D eigenvalue weighted by Crippen LogP contribution is -1.97. The van der Waals surface area contributed by atoms with Crippen LogP contribution < -0.4 is 0 Å². The molecule has 0 spiro atoms. The Morgan fingerprint density at radius 3 is 1.88 bits per heavy atom. The zero-order valence-electron chi connectivity index (χ0n) is 96.9. The number of aromatic nitrogens is 8. The highest BCUT2D eigenvalue weighted by molar-refractivity contribution is 9.11. The minimum atomic E-state index is 0. The van der Waals surface area contributed by atoms with Gasteiger partial charge in [-0.25, -0.2) is 24.6 Å². The number of halogens is 4. The summed E-state index contributed by atoms with van der Waals surface area (Å²) in [7, 11) is 0. The van der Waals surface area contributed by atoms with Crippen LogP contribution in [0, 0.1) is 11.3 Å². The van der Waals surface area contributed by atoms with Crippen LogP contribution in [-0.4, -0.2) is 55.2 Å². The summed E-state index contributed by atoms with van der Waals surface area (Å²) in [5.74, 6) is 2.02. The van der Waals surface area contributed by atoms with Crippen molar-refractivity contribution in [3.8, 4) is 51.9 Å². The standard InChI is InChI=1S/C13H9BrN4O.C8H6BrN3O.C7H4BrNO.C5H4ClN.37H2/c14-9-4-5-11(19)10(7-9)13-16-8-18(17-13)12-3-1-2-6-15-12;9-5-1-2-7(13)6(3-5)8-10-4-11-12-8;8-6-1-2-7(10)5(3-6)4-9;6-5-3-1-2-4-7-5;;;;;;;;;;;;;;;;;;;;;;;;;;;;;;;;;;;;;/h1-8,19H;1-4,13H,(H,10,11,12);1-3,10H;1-4H;37*1H/i;;;;36*1+2T;1+2. The number of phenolic OH excluding ortho intramolecular Hbond substituents is 3. The Balaban J connectivity index is -0.0000000215. The second kappa shape index (κ2) is 18.4. The average molecular weight is 1090 g/mol. The van der Waals surface area contributed by atoms with Crippen molar-refractivity contribution in [2.75, 3.05) is 0 Å². The summed E-state index contributed by atoms with van der Waals surface area (Å²) < 4.78 is 364. The number of nitrogens with zero attached hydrogens (tertiary/aromatic N) is 8. The number of pyridine rings is 2. The Morgan fingerprint density at radius 1 is 0.735 bits per heavy atom. The third kappa shape index (κ3) is 11.2. The lowest BCUT2D eigenvalue weighted by Gasteiger charge is -2.01. The molecule has 320 valence electrons. The van der Waals surface area contributed by atoms with Crippen molar-refractivity contribution in [3.63, 3.8) is 0 Å². The van der Waals surface area contributed by atoms with Crippen LogP contribution in [0.5, 0.6) is 17.2 Å². The quantitative estimate of drug-likeness (QED) is 0.124. The molecule has 3 aromatic carbocycles. The number of aromatic hydroxyl groups is 3. The molecule has 0 radical (unpaired) electrons. The molecule has 49 heavy (non-hydrogen) atoms. The second-order valence-corrected chi connectivity index (χ2v) is 12.4. The van der Waals surface area contributed by atoms with Crippen LogP contribution >= 0.6 is 59.4 Å². The maximum atomic E-state index is 9.84. The van der Waals surface area contributed by atoms with Crippen molar-refractivity contribution in [1.29, 1.82) is 5.26 Å². The summed E-state index contributed by atoms with van der Waals surface area (Å²) in [6.45, 7) is 0. The van der Waals surface area contributed by atoms with E-state index in [9.17, 15) is 10.2 Å². The molecular formula is C33H97Br3ClN9O3. The van der Waals surface area contributed by atoms with Crippen molar-refractivity contribution in [3.05, 3.63) is 140 Å². The summed E-state index contributed by atoms with van der Waals surface area (Å²) >= 11 is 15.3. The van der Waals surface area contributed by atoms with Gasteiger partial charge in [0.25, 0.3) is 0 Å². The number of phenols is 3. The number of aromatic amines is 1. The minimum absolute atomic E-state index is 0. The summed E-state index contributed by atoms with van der Waals surface area (Å²) in [6, 6.07) is 27.8. The summed E-state index contributed by atoms with van der Waals surface area (Å²) in [4.78, 5) is 16.1. The van der Waals surface area contributed by atoms with Crippen LogP contribution in [0.1, 0.15) is 114 Å². The molecule has 7 aromatic rings. The fraction of sp³-hybridized carbons (Fsp3) is 0. The first-order valence-electron chi connectivity index (χ1n) is 49.8. The van der Waals surface area contributed by atoms with Gasteiger partial charge in [-0.3, -0.25) is 5.10 Å². The van der Waals surface area contributed by atoms with Crippen molar-refractivity contribution in [2.24, 2.45) is 0 Å². The van der Waals surface area contributed by atoms with Crippen LogP contribution in [-0.2, 0) is 0 Å². The number of benzene rings is 3. The molecule has 4 heterocycles. The van der Waals surface area contributed by atoms with E-state index in [1.165, 1.54) is 12.4 Å². The summed E-state index contributed by atoms with van der Waals surface area (Å²) in [5.41, 5.74) is 1.49. The first kappa shape index (κ1) is 11.7. The van der Waals surface area contributed by atoms with E-state index < -0.39 is 0 Å². The van der Waals surface area contributed by atoms with E-state index in [1.54, 1.807) is 78.0 Å². The minimum Gasteiger partial charge on any atom is -0.507 e. The maximum absolute atomic E-state index is 9.84. The number of hydrogen-bond acceptors (Lipinski definition) is 10. The Labute approximate surface area is 422 Å². The first-order valence-corrected chi connectivity index (χ1v) is 16.5. The van der Waals surface area contributed by atoms with Gasteiger partial charge in [-0.2, -0.15) is 10.4 Å². The molecule has 0 fully saturated rings. The fourth-order valence-electron chi connectivity index (χ4n) is 3.65. The SMILES string of the molecule is Clc1ccccn1.N#Cc1cc(Br)ccc1O.Oc1ccc(Br)cc1-c1ncn(-c2ccccn2)n1.Oc1ccc(Br)cc1-c1ncn[nH]1.[3HH].[3H][3H].[3H][3H].[3H][3H].[3H][3H].[3H][3H].[3H][3H].[3H][3H].[3H][3H].[3H][3H].[3H][3H].[3H][3H].[3H][3H].[3H][3H].[3H][3H].[3H][3H].[3H][3H].[3H][3H].[3H][3H].[3H][3H].[3H][3H].[3H][3H].[3H][3H].[3H][3H].[3H][3H].[3H][3H].[3H][3H].[3H][3H].[3H][3H].[3H][3H].[3H][3H].[3H][3H].[3H][3H].[3H][3H].[3H][3H].[3H][3H].[3H][3H]. The Kier molecular flexibility index (Phi) is 4.41. The number of hydrogen-bond donors (Lipinski definition) is 4. The van der Waals surface area contributed by atoms with Crippen molar-refractivity contribution in [1.82, 2.24) is 39.9 Å². The molecule has 0 aliphatic carbocycles. The molecule has 0 aliphatic rings. The van der Waals surface area contributed by atoms with Crippen molar-refractivity contribution < 1.29 is 124 Å². The van der Waals surface area contributed by atoms with Gasteiger partial charge in [0, 0.05) is 134 Å². The van der Waals surface area contributed by atoms with Gasteiger partial charge in [-0.15, -0.1) is 5.10 Å². The highest BCUT2D eigenvalue weighted by Gasteiger charge is 2.11. The van der Waals surface area contributed by atoms with Crippen LogP contribution in [0.4, 0.5) is 0 Å². The maximum Gasteiger partial charge on any atom is 0.185 e. The predicted molar refractivity (Wildman–Crippen MR) is 273 cm³/mol. The zero-order chi connectivity index (χ0) is 107. The molecule has 4 N–H and O–H groups in total. The third-order valence-corrected chi connectivity index (χ3v) is 7.62. The van der Waals surface area contributed by atoms with Crippen molar-refractivity contribution in [2.45, 2.75) is 0 Å². The highest BCUT2D eigenvalue weighted by Crippen LogP contribution is 2.30. The van der Waals surface area contributed by atoms with Crippen LogP contribution in [0.2, 0.25) is 5.15 Å². The van der Waals surface area contributed by atoms with E-state index in [4.69, 9.17) is 129 Å². The third-order valence-electron chi connectivity index (χ3n) is 5.91. The Hall–Kier alpha value is -5.14. The lowest BCUT2D eigenvalue weighted by molar-refractivity contribution is 0.473. The van der Waals surface area contributed by atoms with Crippen LogP contribution in [0.3, 0.4) is 0 Å². The molecule has 0 amide bonds. The first-order chi connectivity index (χ1) is 59.6. The van der Waals surface area contributed by atoms with E-state index in [1.807, 2.05) is 36.4 Å². The van der Waals surface area contributed by atoms with Crippen LogP contribution in [0.25, 0.3) is 28.6 Å². The van der Waals surface area contributed by atoms with Gasteiger partial charge < -0.3 is 15.3 Å².